The summed E-state index contributed by atoms with van der Waals surface area (Å²) in [7, 11) is 0. The number of carbonyl (C=O) groups excluding carboxylic acids is 1. The second-order valence-corrected chi connectivity index (χ2v) is 10.0. The Morgan fingerprint density at radius 2 is 2.26 bits per heavy atom. The third-order valence-electron chi connectivity index (χ3n) is 5.87. The molecule has 0 aliphatic carbocycles. The van der Waals surface area contributed by atoms with Crippen LogP contribution in [0.4, 0.5) is 4.39 Å². The first-order valence-corrected chi connectivity index (χ1v) is 13.4. The summed E-state index contributed by atoms with van der Waals surface area (Å²) in [5.74, 6) is -1.72. The number of rotatable bonds is 10. The number of nitrogens with zero attached hydrogens (tertiary/aromatic N) is 3. The number of amidine groups is 1. The molecule has 2 N–H and O–H groups in total. The highest BCUT2D eigenvalue weighted by atomic mass is 79.9. The van der Waals surface area contributed by atoms with Crippen molar-refractivity contribution in [2.45, 2.75) is 25.6 Å². The Morgan fingerprint density at radius 3 is 2.97 bits per heavy atom. The second-order valence-electron chi connectivity index (χ2n) is 8.30. The Bertz CT molecular complexity index is 1280. The minimum atomic E-state index is -1.03. The number of thiazole rings is 1. The molecule has 13 heteroatoms. The van der Waals surface area contributed by atoms with Crippen molar-refractivity contribution in [1.29, 1.82) is 0 Å². The zero-order valence-corrected chi connectivity index (χ0v) is 22.9. The van der Waals surface area contributed by atoms with Gasteiger partial charge in [-0.1, -0.05) is 28.6 Å². The number of hydrogen-bond donors (Lipinski definition) is 2. The van der Waals surface area contributed by atoms with Gasteiger partial charge in [0.2, 0.25) is 0 Å². The van der Waals surface area contributed by atoms with Gasteiger partial charge in [0.25, 0.3) is 0 Å². The monoisotopic (exact) mass is 608 g/mol. The van der Waals surface area contributed by atoms with E-state index in [-0.39, 0.29) is 31.9 Å². The van der Waals surface area contributed by atoms with Crippen LogP contribution >= 0.6 is 27.3 Å². The Morgan fingerprint density at radius 1 is 1.45 bits per heavy atom. The quantitative estimate of drug-likeness (QED) is 0.308. The second kappa shape index (κ2) is 12.6. The lowest BCUT2D eigenvalue weighted by molar-refractivity contribution is -0.149. The fourth-order valence-electron chi connectivity index (χ4n) is 4.11. The molecule has 2 atom stereocenters. The van der Waals surface area contributed by atoms with E-state index in [4.69, 9.17) is 19.2 Å². The molecular weight excluding hydrogens is 583 g/mol. The molecule has 3 heterocycles. The number of carboxylic acids is 1. The number of benzene rings is 1. The predicted molar refractivity (Wildman–Crippen MR) is 141 cm³/mol. The highest BCUT2D eigenvalue weighted by Gasteiger charge is 2.37. The van der Waals surface area contributed by atoms with Crippen LogP contribution in [0.25, 0.3) is 0 Å². The number of aliphatic carboxylic acids is 1. The van der Waals surface area contributed by atoms with Crippen molar-refractivity contribution in [3.05, 3.63) is 74.2 Å². The van der Waals surface area contributed by atoms with E-state index in [1.165, 1.54) is 29.7 Å². The summed E-state index contributed by atoms with van der Waals surface area (Å²) in [5, 5.41) is 15.3. The molecule has 1 aromatic carbocycles. The summed E-state index contributed by atoms with van der Waals surface area (Å²) in [6.45, 7) is 6.37. The van der Waals surface area contributed by atoms with E-state index in [9.17, 15) is 19.1 Å². The van der Waals surface area contributed by atoms with E-state index in [0.29, 0.717) is 45.4 Å². The van der Waals surface area contributed by atoms with E-state index in [0.717, 1.165) is 0 Å². The summed E-state index contributed by atoms with van der Waals surface area (Å²) >= 11 is 4.73. The van der Waals surface area contributed by atoms with Gasteiger partial charge in [-0.2, -0.15) is 0 Å². The number of nitrogens with one attached hydrogen (secondary N) is 1. The van der Waals surface area contributed by atoms with Crippen molar-refractivity contribution >= 4 is 45.0 Å². The first-order valence-electron chi connectivity index (χ1n) is 11.7. The molecule has 0 saturated carbocycles. The Hall–Kier alpha value is -3.13. The van der Waals surface area contributed by atoms with Crippen LogP contribution in [0, 0.1) is 5.82 Å². The number of carboxylic acid groups (broad SMARTS) is 1. The molecule has 2 aliphatic rings. The van der Waals surface area contributed by atoms with Crippen LogP contribution in [0.3, 0.4) is 0 Å². The summed E-state index contributed by atoms with van der Waals surface area (Å²) in [5.41, 5.74) is 1.82. The van der Waals surface area contributed by atoms with Gasteiger partial charge >= 0.3 is 11.9 Å². The van der Waals surface area contributed by atoms with Crippen LogP contribution in [0.1, 0.15) is 29.2 Å². The summed E-state index contributed by atoms with van der Waals surface area (Å²) < 4.78 is 30.4. The number of aromatic nitrogens is 1. The number of hydrogen-bond acceptors (Lipinski definition) is 10. The van der Waals surface area contributed by atoms with Crippen molar-refractivity contribution in [3.8, 4) is 0 Å². The van der Waals surface area contributed by atoms with Crippen molar-refractivity contribution in [2.75, 3.05) is 32.9 Å². The maximum Gasteiger partial charge on any atom is 0.338 e. The standard InChI is InChI=1S/C25H26BrFN4O6S/c1-3-35-11-15-13-38-23(28-15)22-29-18(10-31-7-8-36-12-19(31)24(32)33)20(25(34)37-4-2)21(30-22)16-6-5-14(27)9-17(16)26/h3,5-6,9,13,19,21H,1,4,7-8,10-12H2,2H3,(H,29,30)(H,32,33)/t19-,21?/m0/s1. The Kier molecular flexibility index (Phi) is 9.26. The highest BCUT2D eigenvalue weighted by Crippen LogP contribution is 2.37. The van der Waals surface area contributed by atoms with E-state index >= 15 is 0 Å². The zero-order chi connectivity index (χ0) is 27.2. The first-order chi connectivity index (χ1) is 18.3. The lowest BCUT2D eigenvalue weighted by atomic mass is 9.95. The SMILES string of the molecule is C=COCc1csc(C2=NC(c3ccc(F)cc3Br)C(C(=O)OCC)=C(CN3CCOC[C@H]3C(=O)O)N2)n1. The molecule has 0 amide bonds. The first kappa shape index (κ1) is 27.9. The molecular formula is C25H26BrFN4O6S. The normalized spacial score (nSPS) is 19.9. The fraction of sp³-hybridized carbons (Fsp3) is 0.360. The summed E-state index contributed by atoms with van der Waals surface area (Å²) in [4.78, 5) is 36.3. The number of halogens is 2. The maximum absolute atomic E-state index is 14.0. The molecule has 1 unspecified atom stereocenters. The average Bonchev–Trinajstić information content (AvgIpc) is 3.36. The molecule has 1 aromatic heterocycles. The van der Waals surface area contributed by atoms with Gasteiger partial charge in [0.05, 0.1) is 37.3 Å². The van der Waals surface area contributed by atoms with Crippen LogP contribution in [0.15, 0.2) is 57.2 Å². The van der Waals surface area contributed by atoms with E-state index in [2.05, 4.69) is 32.8 Å². The smallest absolute Gasteiger partial charge is 0.338 e. The average molecular weight is 609 g/mol. The minimum absolute atomic E-state index is 0.0182. The molecule has 2 aromatic rings. The maximum atomic E-state index is 14.0. The largest absolute Gasteiger partial charge is 0.495 e. The number of aliphatic imine (C=N–C) groups is 1. The van der Waals surface area contributed by atoms with Gasteiger partial charge in [0.15, 0.2) is 10.8 Å². The summed E-state index contributed by atoms with van der Waals surface area (Å²) in [6.07, 6.45) is 1.32. The number of morpholine rings is 1. The molecule has 202 valence electrons. The van der Waals surface area contributed by atoms with Gasteiger partial charge in [-0.05, 0) is 24.6 Å². The van der Waals surface area contributed by atoms with E-state index in [1.54, 1.807) is 17.9 Å². The number of ether oxygens (including phenoxy) is 3. The molecule has 0 bridgehead atoms. The van der Waals surface area contributed by atoms with Gasteiger partial charge < -0.3 is 24.6 Å². The van der Waals surface area contributed by atoms with Crippen LogP contribution in [-0.2, 0) is 30.4 Å². The van der Waals surface area contributed by atoms with Crippen molar-refractivity contribution in [2.24, 2.45) is 4.99 Å². The number of carbonyl (C=O) groups is 2. The molecule has 38 heavy (non-hydrogen) atoms. The Balaban J connectivity index is 1.82. The van der Waals surface area contributed by atoms with Crippen LogP contribution in [-0.4, -0.2) is 71.7 Å². The molecule has 1 saturated heterocycles. The Labute approximate surface area is 230 Å². The number of esters is 1. The highest BCUT2D eigenvalue weighted by molar-refractivity contribution is 9.10. The van der Waals surface area contributed by atoms with Gasteiger partial charge in [-0.25, -0.2) is 14.2 Å². The molecule has 4 rings (SSSR count). The third-order valence-corrected chi connectivity index (χ3v) is 7.45. The molecule has 1 fully saturated rings. The van der Waals surface area contributed by atoms with Gasteiger partial charge in [-0.15, -0.1) is 11.3 Å². The van der Waals surface area contributed by atoms with E-state index in [1.807, 2.05) is 5.38 Å². The topological polar surface area (TPSA) is 123 Å². The fourth-order valence-corrected chi connectivity index (χ4v) is 5.43. The van der Waals surface area contributed by atoms with Crippen LogP contribution in [0.5, 0.6) is 0 Å². The molecule has 0 radical (unpaired) electrons. The van der Waals surface area contributed by atoms with Crippen LogP contribution in [0.2, 0.25) is 0 Å². The van der Waals surface area contributed by atoms with Crippen molar-refractivity contribution < 1.29 is 33.3 Å². The predicted octanol–water partition coefficient (Wildman–Crippen LogP) is 3.40. The molecule has 2 aliphatic heterocycles. The van der Waals surface area contributed by atoms with Crippen LogP contribution < -0.4 is 5.32 Å². The van der Waals surface area contributed by atoms with Gasteiger partial charge in [0.1, 0.15) is 24.5 Å². The van der Waals surface area contributed by atoms with Crippen molar-refractivity contribution in [3.63, 3.8) is 0 Å². The third kappa shape index (κ3) is 6.29. The zero-order valence-electron chi connectivity index (χ0n) is 20.5. The molecule has 0 spiro atoms. The molecule has 10 nitrogen and oxygen atoms in total. The minimum Gasteiger partial charge on any atom is -0.495 e. The lowest BCUT2D eigenvalue weighted by Gasteiger charge is -2.35. The van der Waals surface area contributed by atoms with Crippen molar-refractivity contribution in [1.82, 2.24) is 15.2 Å². The lowest BCUT2D eigenvalue weighted by Crippen LogP contribution is -2.52. The van der Waals surface area contributed by atoms with Gasteiger partial charge in [-0.3, -0.25) is 14.7 Å². The summed E-state index contributed by atoms with van der Waals surface area (Å²) in [6, 6.07) is 2.36. The van der Waals surface area contributed by atoms with E-state index < -0.39 is 29.8 Å². The van der Waals surface area contributed by atoms with Gasteiger partial charge in [0, 0.05) is 28.6 Å².